The van der Waals surface area contributed by atoms with E-state index in [4.69, 9.17) is 15.5 Å². The summed E-state index contributed by atoms with van der Waals surface area (Å²) >= 11 is 1.66. The van der Waals surface area contributed by atoms with Gasteiger partial charge in [-0.1, -0.05) is 38.5 Å². The third kappa shape index (κ3) is 4.05. The second kappa shape index (κ2) is 6.16. The van der Waals surface area contributed by atoms with E-state index < -0.39 is 0 Å². The Morgan fingerprint density at radius 3 is 2.33 bits per heavy atom. The van der Waals surface area contributed by atoms with Crippen LogP contribution in [0.25, 0.3) is 0 Å². The summed E-state index contributed by atoms with van der Waals surface area (Å²) in [7, 11) is 0. The van der Waals surface area contributed by atoms with Crippen molar-refractivity contribution in [3.63, 3.8) is 0 Å². The van der Waals surface area contributed by atoms with Gasteiger partial charge in [-0.25, -0.2) is 4.98 Å². The molecule has 4 heteroatoms. The van der Waals surface area contributed by atoms with Gasteiger partial charge in [-0.2, -0.15) is 0 Å². The number of nitrogens with zero attached hydrogens (tertiary/aromatic N) is 1. The second-order valence-corrected chi connectivity index (χ2v) is 7.58. The highest BCUT2D eigenvalue weighted by Gasteiger charge is 2.24. The van der Waals surface area contributed by atoms with Crippen LogP contribution in [0.3, 0.4) is 0 Å². The Morgan fingerprint density at radius 2 is 1.86 bits per heavy atom. The Morgan fingerprint density at radius 1 is 1.24 bits per heavy atom. The predicted molar refractivity (Wildman–Crippen MR) is 88.9 cm³/mol. The Labute approximate surface area is 131 Å². The van der Waals surface area contributed by atoms with Gasteiger partial charge in [0.2, 0.25) is 0 Å². The first kappa shape index (κ1) is 16.0. The van der Waals surface area contributed by atoms with E-state index in [0.717, 1.165) is 21.3 Å². The molecular weight excluding hydrogens is 280 g/mol. The molecule has 0 amide bonds. The summed E-state index contributed by atoms with van der Waals surface area (Å²) in [5.74, 6) is 0.871. The SMILES string of the molecule is Cc1ccc(OCc2nc(C(C)(C)C)c(C(C)N)s2)cc1. The van der Waals surface area contributed by atoms with E-state index in [2.05, 4.69) is 27.7 Å². The average Bonchev–Trinajstić information content (AvgIpc) is 2.82. The van der Waals surface area contributed by atoms with Gasteiger partial charge in [0.05, 0.1) is 5.69 Å². The summed E-state index contributed by atoms with van der Waals surface area (Å²) in [5, 5.41) is 0.979. The van der Waals surface area contributed by atoms with Crippen molar-refractivity contribution in [2.75, 3.05) is 0 Å². The van der Waals surface area contributed by atoms with E-state index in [1.807, 2.05) is 31.2 Å². The van der Waals surface area contributed by atoms with Gasteiger partial charge in [-0.05, 0) is 26.0 Å². The number of rotatable bonds is 4. The normalized spacial score (nSPS) is 13.2. The standard InChI is InChI=1S/C17H24N2OS/c1-11-6-8-13(9-7-11)20-10-14-19-16(17(3,4)5)15(21-14)12(2)18/h6-9,12H,10,18H2,1-5H3. The molecule has 0 radical (unpaired) electrons. The first-order valence-corrected chi connectivity index (χ1v) is 8.04. The zero-order chi connectivity index (χ0) is 15.6. The van der Waals surface area contributed by atoms with Gasteiger partial charge in [-0.3, -0.25) is 0 Å². The van der Waals surface area contributed by atoms with Crippen molar-refractivity contribution in [2.45, 2.75) is 52.7 Å². The molecule has 2 aromatic rings. The molecule has 0 bridgehead atoms. The van der Waals surface area contributed by atoms with Crippen molar-refractivity contribution in [3.8, 4) is 5.75 Å². The van der Waals surface area contributed by atoms with Crippen LogP contribution in [0.1, 0.15) is 54.9 Å². The fraction of sp³-hybridized carbons (Fsp3) is 0.471. The summed E-state index contributed by atoms with van der Waals surface area (Å²) in [6, 6.07) is 8.07. The molecular formula is C17H24N2OS. The maximum atomic E-state index is 6.08. The highest BCUT2D eigenvalue weighted by atomic mass is 32.1. The Kier molecular flexibility index (Phi) is 4.69. The molecule has 0 saturated carbocycles. The van der Waals surface area contributed by atoms with Gasteiger partial charge in [0.1, 0.15) is 17.4 Å². The largest absolute Gasteiger partial charge is 0.486 e. The van der Waals surface area contributed by atoms with Gasteiger partial charge in [0.25, 0.3) is 0 Å². The number of benzene rings is 1. The molecule has 21 heavy (non-hydrogen) atoms. The van der Waals surface area contributed by atoms with Crippen LogP contribution in [0.5, 0.6) is 5.75 Å². The number of nitrogens with two attached hydrogens (primary N) is 1. The molecule has 0 aliphatic heterocycles. The summed E-state index contributed by atoms with van der Waals surface area (Å²) in [4.78, 5) is 5.91. The molecule has 2 N–H and O–H groups in total. The molecule has 1 aromatic heterocycles. The molecule has 114 valence electrons. The van der Waals surface area contributed by atoms with E-state index in [-0.39, 0.29) is 11.5 Å². The lowest BCUT2D eigenvalue weighted by Crippen LogP contribution is -2.17. The van der Waals surface area contributed by atoms with Gasteiger partial charge >= 0.3 is 0 Å². The molecule has 2 rings (SSSR count). The van der Waals surface area contributed by atoms with Crippen LogP contribution in [0, 0.1) is 6.92 Å². The smallest absolute Gasteiger partial charge is 0.140 e. The fourth-order valence-electron chi connectivity index (χ4n) is 2.07. The Bertz CT molecular complexity index is 594. The van der Waals surface area contributed by atoms with Crippen LogP contribution >= 0.6 is 11.3 Å². The number of hydrogen-bond donors (Lipinski definition) is 1. The zero-order valence-corrected chi connectivity index (χ0v) is 14.3. The lowest BCUT2D eigenvalue weighted by atomic mass is 9.90. The van der Waals surface area contributed by atoms with Crippen molar-refractivity contribution in [3.05, 3.63) is 45.4 Å². The fourth-order valence-corrected chi connectivity index (χ4v) is 3.21. The van der Waals surface area contributed by atoms with E-state index in [1.165, 1.54) is 5.56 Å². The van der Waals surface area contributed by atoms with Gasteiger partial charge in [0, 0.05) is 16.3 Å². The minimum Gasteiger partial charge on any atom is -0.486 e. The van der Waals surface area contributed by atoms with Crippen molar-refractivity contribution < 1.29 is 4.74 Å². The first-order chi connectivity index (χ1) is 9.77. The number of thiazole rings is 1. The Balaban J connectivity index is 2.15. The topological polar surface area (TPSA) is 48.1 Å². The van der Waals surface area contributed by atoms with Crippen LogP contribution in [0.15, 0.2) is 24.3 Å². The van der Waals surface area contributed by atoms with Crippen molar-refractivity contribution in [1.29, 1.82) is 0 Å². The monoisotopic (exact) mass is 304 g/mol. The third-order valence-electron chi connectivity index (χ3n) is 3.20. The molecule has 0 fully saturated rings. The zero-order valence-electron chi connectivity index (χ0n) is 13.4. The molecule has 1 heterocycles. The highest BCUT2D eigenvalue weighted by molar-refractivity contribution is 7.11. The summed E-state index contributed by atoms with van der Waals surface area (Å²) < 4.78 is 5.81. The molecule has 0 spiro atoms. The number of aryl methyl sites for hydroxylation is 1. The van der Waals surface area contributed by atoms with Crippen LogP contribution in [0.2, 0.25) is 0 Å². The molecule has 1 atom stereocenters. The van der Waals surface area contributed by atoms with Crippen molar-refractivity contribution in [1.82, 2.24) is 4.98 Å². The molecule has 3 nitrogen and oxygen atoms in total. The van der Waals surface area contributed by atoms with E-state index in [0.29, 0.717) is 6.61 Å². The molecule has 0 aliphatic rings. The van der Waals surface area contributed by atoms with Crippen LogP contribution in [0.4, 0.5) is 0 Å². The Hall–Kier alpha value is -1.39. The highest BCUT2D eigenvalue weighted by Crippen LogP contribution is 2.33. The molecule has 0 saturated heterocycles. The maximum absolute atomic E-state index is 6.08. The van der Waals surface area contributed by atoms with E-state index in [1.54, 1.807) is 11.3 Å². The lowest BCUT2D eigenvalue weighted by molar-refractivity contribution is 0.305. The summed E-state index contributed by atoms with van der Waals surface area (Å²) in [6.45, 7) is 11.1. The van der Waals surface area contributed by atoms with Crippen molar-refractivity contribution >= 4 is 11.3 Å². The number of ether oxygens (including phenoxy) is 1. The molecule has 1 aromatic carbocycles. The van der Waals surface area contributed by atoms with Gasteiger partial charge < -0.3 is 10.5 Å². The quantitative estimate of drug-likeness (QED) is 0.913. The van der Waals surface area contributed by atoms with E-state index in [9.17, 15) is 0 Å². The summed E-state index contributed by atoms with van der Waals surface area (Å²) in [5.41, 5.74) is 8.40. The lowest BCUT2D eigenvalue weighted by Gasteiger charge is -2.18. The van der Waals surface area contributed by atoms with Crippen LogP contribution < -0.4 is 10.5 Å². The number of aromatic nitrogens is 1. The minimum atomic E-state index is 0.00156. The number of hydrogen-bond acceptors (Lipinski definition) is 4. The first-order valence-electron chi connectivity index (χ1n) is 7.22. The molecule has 0 aliphatic carbocycles. The van der Waals surface area contributed by atoms with Gasteiger partial charge in [-0.15, -0.1) is 11.3 Å². The van der Waals surface area contributed by atoms with Gasteiger partial charge in [0.15, 0.2) is 0 Å². The minimum absolute atomic E-state index is 0.00156. The maximum Gasteiger partial charge on any atom is 0.140 e. The van der Waals surface area contributed by atoms with E-state index >= 15 is 0 Å². The third-order valence-corrected chi connectivity index (χ3v) is 4.43. The second-order valence-electron chi connectivity index (χ2n) is 6.46. The van der Waals surface area contributed by atoms with Crippen LogP contribution in [-0.2, 0) is 12.0 Å². The van der Waals surface area contributed by atoms with Crippen LogP contribution in [-0.4, -0.2) is 4.98 Å². The average molecular weight is 304 g/mol. The van der Waals surface area contributed by atoms with Crippen molar-refractivity contribution in [2.24, 2.45) is 5.73 Å². The molecule has 1 unspecified atom stereocenters. The summed E-state index contributed by atoms with van der Waals surface area (Å²) in [6.07, 6.45) is 0. The predicted octanol–water partition coefficient (Wildman–Crippen LogP) is 4.35.